The maximum absolute atomic E-state index is 13.0. The monoisotopic (exact) mass is 500 g/mol. The Labute approximate surface area is 182 Å². The van der Waals surface area contributed by atoms with Crippen LogP contribution >= 0.6 is 24.0 Å². The molecule has 0 atom stereocenters. The molecule has 0 bridgehead atoms. The molecule has 0 aliphatic heterocycles. The first-order chi connectivity index (χ1) is 13.0. The van der Waals surface area contributed by atoms with Gasteiger partial charge >= 0.3 is 0 Å². The average Bonchev–Trinajstić information content (AvgIpc) is 2.65. The van der Waals surface area contributed by atoms with E-state index in [1.165, 1.54) is 19.1 Å². The number of rotatable bonds is 7. The fraction of sp³-hybridized carbons (Fsp3) is 0.300. The number of carbonyl (C=O) groups is 1. The lowest BCUT2D eigenvalue weighted by Crippen LogP contribution is -2.36. The summed E-state index contributed by atoms with van der Waals surface area (Å²) in [6, 6.07) is 11.9. The Morgan fingerprint density at radius 1 is 1.11 bits per heavy atom. The Hall–Kier alpha value is -2.36. The largest absolute Gasteiger partial charge is 0.495 e. The van der Waals surface area contributed by atoms with E-state index in [2.05, 4.69) is 20.9 Å². The second-order valence-electron chi connectivity index (χ2n) is 5.89. The van der Waals surface area contributed by atoms with Crippen LogP contribution in [0.25, 0.3) is 0 Å². The third kappa shape index (κ3) is 7.71. The van der Waals surface area contributed by atoms with Crippen LogP contribution in [0.4, 0.5) is 10.1 Å². The van der Waals surface area contributed by atoms with Crippen LogP contribution in [0.5, 0.6) is 5.75 Å². The van der Waals surface area contributed by atoms with Crippen molar-refractivity contribution in [2.75, 3.05) is 19.0 Å². The molecule has 0 unspecified atom stereocenters. The third-order valence-electron chi connectivity index (χ3n) is 3.71. The zero-order valence-electron chi connectivity index (χ0n) is 16.2. The molecule has 0 saturated carbocycles. The number of hydrogen-bond acceptors (Lipinski definition) is 3. The van der Waals surface area contributed by atoms with Gasteiger partial charge in [-0.2, -0.15) is 0 Å². The van der Waals surface area contributed by atoms with Crippen LogP contribution in [0.2, 0.25) is 0 Å². The normalized spacial score (nSPS) is 10.6. The van der Waals surface area contributed by atoms with E-state index < -0.39 is 0 Å². The molecule has 0 aliphatic carbocycles. The first-order valence-corrected chi connectivity index (χ1v) is 8.73. The van der Waals surface area contributed by atoms with Gasteiger partial charge in [0.2, 0.25) is 5.91 Å². The van der Waals surface area contributed by atoms with Crippen LogP contribution in [-0.4, -0.2) is 25.5 Å². The second kappa shape index (κ2) is 12.2. The molecule has 1 amide bonds. The fourth-order valence-electron chi connectivity index (χ4n) is 2.44. The molecule has 28 heavy (non-hydrogen) atoms. The van der Waals surface area contributed by atoms with Gasteiger partial charge in [0.25, 0.3) is 0 Å². The summed E-state index contributed by atoms with van der Waals surface area (Å²) in [5.41, 5.74) is 2.50. The Morgan fingerprint density at radius 2 is 1.79 bits per heavy atom. The van der Waals surface area contributed by atoms with E-state index in [0.717, 1.165) is 17.7 Å². The minimum atomic E-state index is -0.256. The molecule has 0 spiro atoms. The van der Waals surface area contributed by atoms with Crippen LogP contribution in [0, 0.1) is 5.82 Å². The van der Waals surface area contributed by atoms with Gasteiger partial charge in [-0.1, -0.05) is 18.2 Å². The molecule has 2 aromatic carbocycles. The van der Waals surface area contributed by atoms with Gasteiger partial charge in [-0.25, -0.2) is 9.38 Å². The topological polar surface area (TPSA) is 74.8 Å². The number of carbonyl (C=O) groups excluding carboxylic acids is 1. The van der Waals surface area contributed by atoms with E-state index in [9.17, 15) is 9.18 Å². The fourth-order valence-corrected chi connectivity index (χ4v) is 2.44. The minimum Gasteiger partial charge on any atom is -0.495 e. The summed E-state index contributed by atoms with van der Waals surface area (Å²) in [5.74, 6) is 0.829. The zero-order chi connectivity index (χ0) is 19.6. The molecule has 0 fully saturated rings. The maximum atomic E-state index is 13.0. The van der Waals surface area contributed by atoms with Crippen LogP contribution < -0.4 is 20.7 Å². The van der Waals surface area contributed by atoms with Gasteiger partial charge in [-0.05, 0) is 42.3 Å². The van der Waals surface area contributed by atoms with E-state index in [1.807, 2.05) is 19.1 Å². The van der Waals surface area contributed by atoms with Gasteiger partial charge < -0.3 is 20.7 Å². The summed E-state index contributed by atoms with van der Waals surface area (Å²) in [4.78, 5) is 15.9. The van der Waals surface area contributed by atoms with Gasteiger partial charge in [-0.3, -0.25) is 4.79 Å². The van der Waals surface area contributed by atoms with Crippen LogP contribution in [-0.2, 0) is 17.9 Å². The molecule has 0 saturated heterocycles. The van der Waals surface area contributed by atoms with Crippen LogP contribution in [0.3, 0.4) is 0 Å². The molecule has 8 heteroatoms. The Bertz CT molecular complexity index is 797. The molecule has 0 radical (unpaired) electrons. The first kappa shape index (κ1) is 23.7. The quantitative estimate of drug-likeness (QED) is 0.308. The maximum Gasteiger partial charge on any atom is 0.221 e. The Morgan fingerprint density at radius 3 is 2.39 bits per heavy atom. The molecule has 2 aromatic rings. The van der Waals surface area contributed by atoms with Crippen molar-refractivity contribution in [3.63, 3.8) is 0 Å². The number of guanidine groups is 1. The number of hydrogen-bond donors (Lipinski definition) is 3. The smallest absolute Gasteiger partial charge is 0.221 e. The minimum absolute atomic E-state index is 0. The van der Waals surface area contributed by atoms with Gasteiger partial charge in [0.15, 0.2) is 5.96 Å². The second-order valence-corrected chi connectivity index (χ2v) is 5.89. The highest BCUT2D eigenvalue weighted by Gasteiger charge is 2.06. The molecule has 2 rings (SSSR count). The van der Waals surface area contributed by atoms with Gasteiger partial charge in [-0.15, -0.1) is 24.0 Å². The predicted molar refractivity (Wildman–Crippen MR) is 121 cm³/mol. The zero-order valence-corrected chi connectivity index (χ0v) is 18.5. The summed E-state index contributed by atoms with van der Waals surface area (Å²) < 4.78 is 18.2. The Kier molecular flexibility index (Phi) is 10.3. The number of nitrogens with zero attached hydrogens (tertiary/aromatic N) is 1. The molecule has 152 valence electrons. The predicted octanol–water partition coefficient (Wildman–Crippen LogP) is 3.67. The third-order valence-corrected chi connectivity index (χ3v) is 3.71. The van der Waals surface area contributed by atoms with E-state index >= 15 is 0 Å². The number of anilines is 1. The number of nitrogens with one attached hydrogen (secondary N) is 3. The van der Waals surface area contributed by atoms with Crippen molar-refractivity contribution in [3.05, 3.63) is 59.4 Å². The van der Waals surface area contributed by atoms with Crippen molar-refractivity contribution in [2.24, 2.45) is 4.99 Å². The van der Waals surface area contributed by atoms with E-state index in [0.29, 0.717) is 30.5 Å². The summed E-state index contributed by atoms with van der Waals surface area (Å²) in [6.07, 6.45) is 0. The highest BCUT2D eigenvalue weighted by atomic mass is 127. The standard InChI is InChI=1S/C20H25FN4O2.HI/c1-4-22-20(23-12-15-5-8-17(21)9-6-15)24-13-16-7-10-19(27-3)18(11-16)25-14(2)26;/h5-11H,4,12-13H2,1-3H3,(H,25,26)(H2,22,23,24);1H. The number of methoxy groups -OCH3 is 1. The molecular weight excluding hydrogens is 474 g/mol. The number of amides is 1. The summed E-state index contributed by atoms with van der Waals surface area (Å²) >= 11 is 0. The first-order valence-electron chi connectivity index (χ1n) is 8.73. The molecule has 3 N–H and O–H groups in total. The lowest BCUT2D eigenvalue weighted by Gasteiger charge is -2.13. The lowest BCUT2D eigenvalue weighted by atomic mass is 10.2. The van der Waals surface area contributed by atoms with Crippen molar-refractivity contribution < 1.29 is 13.9 Å². The van der Waals surface area contributed by atoms with Crippen molar-refractivity contribution in [1.82, 2.24) is 10.6 Å². The highest BCUT2D eigenvalue weighted by molar-refractivity contribution is 14.0. The van der Waals surface area contributed by atoms with Crippen molar-refractivity contribution in [2.45, 2.75) is 26.9 Å². The number of halogens is 2. The SMILES string of the molecule is CCNC(=NCc1ccc(OC)c(NC(C)=O)c1)NCc1ccc(F)cc1.I. The summed E-state index contributed by atoms with van der Waals surface area (Å²) in [7, 11) is 1.56. The average molecular weight is 500 g/mol. The number of benzene rings is 2. The summed E-state index contributed by atoms with van der Waals surface area (Å²) in [6.45, 7) is 5.11. The van der Waals surface area contributed by atoms with Crippen LogP contribution in [0.15, 0.2) is 47.5 Å². The Balaban J connectivity index is 0.00000392. The van der Waals surface area contributed by atoms with Crippen LogP contribution in [0.1, 0.15) is 25.0 Å². The molecule has 6 nitrogen and oxygen atoms in total. The molecule has 0 aliphatic rings. The van der Waals surface area contributed by atoms with Crippen molar-refractivity contribution >= 4 is 41.5 Å². The van der Waals surface area contributed by atoms with Crippen molar-refractivity contribution in [3.8, 4) is 5.75 Å². The van der Waals surface area contributed by atoms with Gasteiger partial charge in [0, 0.05) is 20.0 Å². The van der Waals surface area contributed by atoms with E-state index in [1.54, 1.807) is 25.3 Å². The van der Waals surface area contributed by atoms with Gasteiger partial charge in [0.1, 0.15) is 11.6 Å². The molecule has 0 heterocycles. The van der Waals surface area contributed by atoms with E-state index in [4.69, 9.17) is 4.74 Å². The van der Waals surface area contributed by atoms with E-state index in [-0.39, 0.29) is 35.7 Å². The van der Waals surface area contributed by atoms with Gasteiger partial charge in [0.05, 0.1) is 19.3 Å². The molecular formula is C20H26FIN4O2. The van der Waals surface area contributed by atoms with Crippen molar-refractivity contribution in [1.29, 1.82) is 0 Å². The number of aliphatic imine (C=N–C) groups is 1. The highest BCUT2D eigenvalue weighted by Crippen LogP contribution is 2.25. The summed E-state index contributed by atoms with van der Waals surface area (Å²) in [5, 5.41) is 9.15. The molecule has 0 aromatic heterocycles. The lowest BCUT2D eigenvalue weighted by molar-refractivity contribution is -0.114. The number of ether oxygens (including phenoxy) is 1.